The Balaban J connectivity index is 2.12. The SMILES string of the molecule is CC(C)C[C@H](NC(=O)[C@H]1CCCc2ccccc21)C(=O)O. The van der Waals surface area contributed by atoms with Gasteiger partial charge in [-0.1, -0.05) is 38.1 Å². The minimum atomic E-state index is -0.957. The van der Waals surface area contributed by atoms with Gasteiger partial charge in [-0.2, -0.15) is 0 Å². The summed E-state index contributed by atoms with van der Waals surface area (Å²) in [5.41, 5.74) is 2.26. The highest BCUT2D eigenvalue weighted by Gasteiger charge is 2.29. The summed E-state index contributed by atoms with van der Waals surface area (Å²) in [6, 6.07) is 7.16. The van der Waals surface area contributed by atoms with Crippen molar-refractivity contribution in [3.63, 3.8) is 0 Å². The predicted molar refractivity (Wildman–Crippen MR) is 81.1 cm³/mol. The van der Waals surface area contributed by atoms with Crippen molar-refractivity contribution in [2.45, 2.75) is 51.5 Å². The van der Waals surface area contributed by atoms with Gasteiger partial charge in [-0.25, -0.2) is 4.79 Å². The molecule has 114 valence electrons. The summed E-state index contributed by atoms with van der Waals surface area (Å²) >= 11 is 0. The van der Waals surface area contributed by atoms with Crippen molar-refractivity contribution in [2.75, 3.05) is 0 Å². The number of carboxylic acid groups (broad SMARTS) is 1. The molecule has 0 spiro atoms. The molecule has 1 aliphatic carbocycles. The van der Waals surface area contributed by atoms with E-state index in [-0.39, 0.29) is 17.7 Å². The average Bonchev–Trinajstić information content (AvgIpc) is 2.45. The minimum Gasteiger partial charge on any atom is -0.480 e. The van der Waals surface area contributed by atoms with E-state index in [4.69, 9.17) is 0 Å². The maximum absolute atomic E-state index is 12.5. The number of amides is 1. The van der Waals surface area contributed by atoms with Crippen molar-refractivity contribution in [1.82, 2.24) is 5.32 Å². The molecule has 1 amide bonds. The lowest BCUT2D eigenvalue weighted by molar-refractivity contribution is -0.142. The highest BCUT2D eigenvalue weighted by atomic mass is 16.4. The standard InChI is InChI=1S/C17H23NO3/c1-11(2)10-15(17(20)21)18-16(19)14-9-5-7-12-6-3-4-8-13(12)14/h3-4,6,8,11,14-15H,5,7,9-10H2,1-2H3,(H,18,19)(H,20,21)/t14-,15-/m0/s1. The second-order valence-corrected chi connectivity index (χ2v) is 6.17. The molecule has 0 radical (unpaired) electrons. The number of carbonyl (C=O) groups excluding carboxylic acids is 1. The third-order valence-corrected chi connectivity index (χ3v) is 4.01. The first kappa shape index (κ1) is 15.5. The molecule has 0 bridgehead atoms. The van der Waals surface area contributed by atoms with Gasteiger partial charge in [-0.15, -0.1) is 0 Å². The van der Waals surface area contributed by atoms with E-state index in [0.29, 0.717) is 6.42 Å². The van der Waals surface area contributed by atoms with Crippen molar-refractivity contribution in [3.05, 3.63) is 35.4 Å². The number of aliphatic carboxylic acids is 1. The maximum atomic E-state index is 12.5. The van der Waals surface area contributed by atoms with Gasteiger partial charge in [0.15, 0.2) is 0 Å². The average molecular weight is 289 g/mol. The molecule has 1 aromatic rings. The summed E-state index contributed by atoms with van der Waals surface area (Å²) in [6.45, 7) is 3.91. The fraction of sp³-hybridized carbons (Fsp3) is 0.529. The van der Waals surface area contributed by atoms with Gasteiger partial charge in [0, 0.05) is 0 Å². The van der Waals surface area contributed by atoms with Crippen LogP contribution in [0.1, 0.15) is 50.2 Å². The van der Waals surface area contributed by atoms with E-state index in [0.717, 1.165) is 24.8 Å². The minimum absolute atomic E-state index is 0.157. The lowest BCUT2D eigenvalue weighted by atomic mass is 9.82. The van der Waals surface area contributed by atoms with E-state index < -0.39 is 12.0 Å². The lowest BCUT2D eigenvalue weighted by Gasteiger charge is -2.26. The smallest absolute Gasteiger partial charge is 0.326 e. The van der Waals surface area contributed by atoms with E-state index in [9.17, 15) is 14.7 Å². The largest absolute Gasteiger partial charge is 0.480 e. The number of benzene rings is 1. The third-order valence-electron chi connectivity index (χ3n) is 4.01. The Bertz CT molecular complexity index is 525. The molecule has 4 heteroatoms. The molecule has 4 nitrogen and oxygen atoms in total. The van der Waals surface area contributed by atoms with E-state index in [1.54, 1.807) is 0 Å². The first-order valence-corrected chi connectivity index (χ1v) is 7.60. The Hall–Kier alpha value is -1.84. The monoisotopic (exact) mass is 289 g/mol. The summed E-state index contributed by atoms with van der Waals surface area (Å²) in [7, 11) is 0. The number of hydrogen-bond donors (Lipinski definition) is 2. The molecular formula is C17H23NO3. The van der Waals surface area contributed by atoms with Crippen LogP contribution in [0.3, 0.4) is 0 Å². The third kappa shape index (κ3) is 3.84. The topological polar surface area (TPSA) is 66.4 Å². The van der Waals surface area contributed by atoms with Crippen LogP contribution in [-0.2, 0) is 16.0 Å². The van der Waals surface area contributed by atoms with E-state index in [1.165, 1.54) is 5.56 Å². The number of hydrogen-bond acceptors (Lipinski definition) is 2. The van der Waals surface area contributed by atoms with Gasteiger partial charge in [-0.3, -0.25) is 4.79 Å². The lowest BCUT2D eigenvalue weighted by Crippen LogP contribution is -2.44. The number of rotatable bonds is 5. The van der Waals surface area contributed by atoms with Crippen LogP contribution in [0.25, 0.3) is 0 Å². The molecule has 0 heterocycles. The van der Waals surface area contributed by atoms with Crippen LogP contribution in [-0.4, -0.2) is 23.0 Å². The fourth-order valence-corrected chi connectivity index (χ4v) is 2.99. The molecular weight excluding hydrogens is 266 g/mol. The van der Waals surface area contributed by atoms with Gasteiger partial charge in [-0.05, 0) is 42.7 Å². The molecule has 2 N–H and O–H groups in total. The van der Waals surface area contributed by atoms with Gasteiger partial charge in [0.25, 0.3) is 0 Å². The van der Waals surface area contributed by atoms with Crippen molar-refractivity contribution in [3.8, 4) is 0 Å². The van der Waals surface area contributed by atoms with Crippen LogP contribution >= 0.6 is 0 Å². The van der Waals surface area contributed by atoms with E-state index in [1.807, 2.05) is 32.0 Å². The number of aryl methyl sites for hydroxylation is 1. The zero-order valence-electron chi connectivity index (χ0n) is 12.6. The van der Waals surface area contributed by atoms with Gasteiger partial charge < -0.3 is 10.4 Å². The Morgan fingerprint density at radius 2 is 2.05 bits per heavy atom. The second-order valence-electron chi connectivity index (χ2n) is 6.17. The first-order chi connectivity index (χ1) is 9.99. The van der Waals surface area contributed by atoms with Crippen LogP contribution in [0.2, 0.25) is 0 Å². The highest BCUT2D eigenvalue weighted by Crippen LogP contribution is 2.31. The van der Waals surface area contributed by atoms with Crippen LogP contribution < -0.4 is 5.32 Å². The molecule has 2 atom stereocenters. The molecule has 0 fully saturated rings. The van der Waals surface area contributed by atoms with E-state index >= 15 is 0 Å². The van der Waals surface area contributed by atoms with E-state index in [2.05, 4.69) is 11.4 Å². The van der Waals surface area contributed by atoms with Gasteiger partial charge in [0.05, 0.1) is 5.92 Å². The molecule has 0 unspecified atom stereocenters. The predicted octanol–water partition coefficient (Wildman–Crippen LogP) is 2.72. The van der Waals surface area contributed by atoms with Crippen LogP contribution in [0.15, 0.2) is 24.3 Å². The molecule has 0 saturated carbocycles. The molecule has 1 aromatic carbocycles. The maximum Gasteiger partial charge on any atom is 0.326 e. The Labute approximate surface area is 125 Å². The highest BCUT2D eigenvalue weighted by molar-refractivity contribution is 5.88. The summed E-state index contributed by atoms with van der Waals surface area (Å²) in [5, 5.41) is 12.0. The second kappa shape index (κ2) is 6.74. The summed E-state index contributed by atoms with van der Waals surface area (Å²) in [6.07, 6.45) is 3.21. The molecule has 0 aromatic heterocycles. The van der Waals surface area contributed by atoms with Gasteiger partial charge in [0.1, 0.15) is 6.04 Å². The summed E-state index contributed by atoms with van der Waals surface area (Å²) in [5.74, 6) is -1.11. The number of nitrogens with one attached hydrogen (secondary N) is 1. The molecule has 1 aliphatic rings. The Kier molecular flexibility index (Phi) is 4.99. The number of fused-ring (bicyclic) bond motifs is 1. The zero-order chi connectivity index (χ0) is 15.4. The summed E-state index contributed by atoms with van der Waals surface area (Å²) in [4.78, 5) is 23.8. The first-order valence-electron chi connectivity index (χ1n) is 7.60. The van der Waals surface area contributed by atoms with Crippen LogP contribution in [0.4, 0.5) is 0 Å². The van der Waals surface area contributed by atoms with Crippen molar-refractivity contribution >= 4 is 11.9 Å². The van der Waals surface area contributed by atoms with Crippen molar-refractivity contribution in [2.24, 2.45) is 5.92 Å². The normalized spacial score (nSPS) is 18.9. The Morgan fingerprint density at radius 1 is 1.33 bits per heavy atom. The molecule has 2 rings (SSSR count). The van der Waals surface area contributed by atoms with Gasteiger partial charge in [0.2, 0.25) is 5.91 Å². The van der Waals surface area contributed by atoms with Crippen LogP contribution in [0, 0.1) is 5.92 Å². The Morgan fingerprint density at radius 3 is 2.71 bits per heavy atom. The van der Waals surface area contributed by atoms with Crippen molar-refractivity contribution in [1.29, 1.82) is 0 Å². The van der Waals surface area contributed by atoms with Crippen LogP contribution in [0.5, 0.6) is 0 Å². The number of carboxylic acids is 1. The zero-order valence-corrected chi connectivity index (χ0v) is 12.6. The number of carbonyl (C=O) groups is 2. The molecule has 0 saturated heterocycles. The summed E-state index contributed by atoms with van der Waals surface area (Å²) < 4.78 is 0. The fourth-order valence-electron chi connectivity index (χ4n) is 2.99. The van der Waals surface area contributed by atoms with Crippen molar-refractivity contribution < 1.29 is 14.7 Å². The quantitative estimate of drug-likeness (QED) is 0.876. The molecule has 21 heavy (non-hydrogen) atoms. The van der Waals surface area contributed by atoms with Gasteiger partial charge >= 0.3 is 5.97 Å². The molecule has 0 aliphatic heterocycles.